The molecule has 0 unspecified atom stereocenters. The molecule has 0 aliphatic carbocycles. The maximum Gasteiger partial charge on any atom is 0.288 e. The summed E-state index contributed by atoms with van der Waals surface area (Å²) in [6, 6.07) is 15.4. The Balaban J connectivity index is 1.73. The third-order valence-electron chi connectivity index (χ3n) is 3.53. The third-order valence-corrected chi connectivity index (χ3v) is 3.76. The first kappa shape index (κ1) is 16.7. The molecular weight excluding hydrogens is 342 g/mol. The molecule has 7 heteroatoms. The number of nitrogens with zero attached hydrogens (tertiary/aromatic N) is 1. The normalized spacial score (nSPS) is 10.3. The Morgan fingerprint density at radius 3 is 2.56 bits per heavy atom. The van der Waals surface area contributed by atoms with Crippen LogP contribution in [0.5, 0.6) is 5.75 Å². The van der Waals surface area contributed by atoms with Crippen LogP contribution in [0.15, 0.2) is 54.6 Å². The molecule has 6 nitrogen and oxygen atoms in total. The van der Waals surface area contributed by atoms with E-state index < -0.39 is 11.8 Å². The Bertz CT molecular complexity index is 959. The lowest BCUT2D eigenvalue weighted by Gasteiger charge is -2.10. The minimum absolute atomic E-state index is 0.192. The smallest absolute Gasteiger partial charge is 0.288 e. The second-order valence-corrected chi connectivity index (χ2v) is 5.58. The van der Waals surface area contributed by atoms with E-state index in [0.29, 0.717) is 16.3 Å². The van der Waals surface area contributed by atoms with E-state index in [-0.39, 0.29) is 11.3 Å². The number of amides is 2. The predicted molar refractivity (Wildman–Crippen MR) is 94.7 cm³/mol. The van der Waals surface area contributed by atoms with Gasteiger partial charge in [0.05, 0.1) is 18.2 Å². The van der Waals surface area contributed by atoms with Gasteiger partial charge in [-0.25, -0.2) is 4.98 Å². The molecule has 0 saturated carbocycles. The van der Waals surface area contributed by atoms with Crippen molar-refractivity contribution < 1.29 is 14.3 Å². The molecule has 0 radical (unpaired) electrons. The number of pyridine rings is 1. The van der Waals surface area contributed by atoms with Crippen LogP contribution in [-0.2, 0) is 0 Å². The summed E-state index contributed by atoms with van der Waals surface area (Å²) in [6.07, 6.45) is 0. The molecule has 2 amide bonds. The largest absolute Gasteiger partial charge is 0.496 e. The predicted octanol–water partition coefficient (Wildman–Crippen LogP) is 2.97. The van der Waals surface area contributed by atoms with Gasteiger partial charge in [0, 0.05) is 10.4 Å². The number of fused-ring (bicyclic) bond motifs is 1. The molecule has 0 fully saturated rings. The van der Waals surface area contributed by atoms with Crippen LogP contribution in [-0.4, -0.2) is 23.9 Å². The topological polar surface area (TPSA) is 80.3 Å². The highest BCUT2D eigenvalue weighted by Crippen LogP contribution is 2.22. The molecule has 0 saturated heterocycles. The number of aromatic nitrogens is 1. The number of carbonyl (C=O) groups is 2. The summed E-state index contributed by atoms with van der Waals surface area (Å²) in [5.41, 5.74) is 5.76. The maximum atomic E-state index is 12.2. The number of nitrogens with one attached hydrogen (secondary N) is 2. The van der Waals surface area contributed by atoms with Gasteiger partial charge in [-0.1, -0.05) is 35.9 Å². The molecule has 0 spiro atoms. The van der Waals surface area contributed by atoms with Crippen molar-refractivity contribution in [3.05, 3.63) is 70.9 Å². The highest BCUT2D eigenvalue weighted by molar-refractivity contribution is 6.31. The standard InChI is InChI=1S/C18H14ClN3O3/c1-25-16-9-7-12(19)10-13(16)17(23)21-22-18(24)15-8-6-11-4-2-3-5-14(11)20-15/h2-10H,1H3,(H,21,23)(H,22,24). The number of para-hydroxylation sites is 1. The first-order chi connectivity index (χ1) is 12.1. The molecule has 0 bridgehead atoms. The number of hydrogen-bond donors (Lipinski definition) is 2. The van der Waals surface area contributed by atoms with Gasteiger partial charge in [-0.15, -0.1) is 0 Å². The zero-order valence-corrected chi connectivity index (χ0v) is 14.0. The molecule has 25 heavy (non-hydrogen) atoms. The average molecular weight is 356 g/mol. The Morgan fingerprint density at radius 1 is 1.00 bits per heavy atom. The lowest BCUT2D eigenvalue weighted by atomic mass is 10.2. The summed E-state index contributed by atoms with van der Waals surface area (Å²) in [7, 11) is 1.44. The lowest BCUT2D eigenvalue weighted by molar-refractivity contribution is 0.0842. The molecule has 1 heterocycles. The summed E-state index contributed by atoms with van der Waals surface area (Å²) in [5, 5.41) is 1.31. The Morgan fingerprint density at radius 2 is 1.76 bits per heavy atom. The van der Waals surface area contributed by atoms with Gasteiger partial charge < -0.3 is 4.74 Å². The monoisotopic (exact) mass is 355 g/mol. The second kappa shape index (κ2) is 7.19. The van der Waals surface area contributed by atoms with Crippen LogP contribution in [0.3, 0.4) is 0 Å². The van der Waals surface area contributed by atoms with Gasteiger partial charge in [-0.05, 0) is 30.3 Å². The Kier molecular flexibility index (Phi) is 4.81. The zero-order valence-electron chi connectivity index (χ0n) is 13.2. The summed E-state index contributed by atoms with van der Waals surface area (Å²) < 4.78 is 5.12. The lowest BCUT2D eigenvalue weighted by Crippen LogP contribution is -2.42. The van der Waals surface area contributed by atoms with Gasteiger partial charge >= 0.3 is 0 Å². The molecular formula is C18H14ClN3O3. The number of methoxy groups -OCH3 is 1. The van der Waals surface area contributed by atoms with E-state index >= 15 is 0 Å². The Hall–Kier alpha value is -3.12. The van der Waals surface area contributed by atoms with Crippen molar-refractivity contribution in [2.45, 2.75) is 0 Å². The van der Waals surface area contributed by atoms with Crippen molar-refractivity contribution in [2.75, 3.05) is 7.11 Å². The van der Waals surface area contributed by atoms with Crippen molar-refractivity contribution >= 4 is 34.3 Å². The first-order valence-electron chi connectivity index (χ1n) is 7.38. The summed E-state index contributed by atoms with van der Waals surface area (Å²) in [5.74, 6) is -0.728. The molecule has 0 aliphatic heterocycles. The molecule has 126 valence electrons. The fraction of sp³-hybridized carbons (Fsp3) is 0.0556. The Labute approximate surface area is 148 Å². The third kappa shape index (κ3) is 3.70. The minimum atomic E-state index is -0.548. The SMILES string of the molecule is COc1ccc(Cl)cc1C(=O)NNC(=O)c1ccc2ccccc2n1. The maximum absolute atomic E-state index is 12.2. The van der Waals surface area contributed by atoms with Crippen LogP contribution in [0.2, 0.25) is 5.02 Å². The highest BCUT2D eigenvalue weighted by atomic mass is 35.5. The molecule has 2 N–H and O–H groups in total. The van der Waals surface area contributed by atoms with Crippen molar-refractivity contribution in [3.8, 4) is 5.75 Å². The number of ether oxygens (including phenoxy) is 1. The average Bonchev–Trinajstić information content (AvgIpc) is 2.65. The van der Waals surface area contributed by atoms with E-state index in [2.05, 4.69) is 15.8 Å². The van der Waals surface area contributed by atoms with E-state index in [1.165, 1.54) is 13.2 Å². The number of hydrazine groups is 1. The van der Waals surface area contributed by atoms with Crippen molar-refractivity contribution in [1.82, 2.24) is 15.8 Å². The summed E-state index contributed by atoms with van der Waals surface area (Å²) >= 11 is 5.90. The van der Waals surface area contributed by atoms with Crippen LogP contribution >= 0.6 is 11.6 Å². The van der Waals surface area contributed by atoms with E-state index in [4.69, 9.17) is 16.3 Å². The van der Waals surface area contributed by atoms with E-state index in [0.717, 1.165) is 5.39 Å². The summed E-state index contributed by atoms with van der Waals surface area (Å²) in [6.45, 7) is 0. The molecule has 3 rings (SSSR count). The van der Waals surface area contributed by atoms with Gasteiger partial charge in [-0.3, -0.25) is 20.4 Å². The number of rotatable bonds is 3. The second-order valence-electron chi connectivity index (χ2n) is 5.14. The van der Waals surface area contributed by atoms with Gasteiger partial charge in [0.1, 0.15) is 11.4 Å². The minimum Gasteiger partial charge on any atom is -0.496 e. The number of benzene rings is 2. The molecule has 2 aromatic carbocycles. The number of hydrogen-bond acceptors (Lipinski definition) is 4. The molecule has 0 atom stereocenters. The first-order valence-corrected chi connectivity index (χ1v) is 7.76. The van der Waals surface area contributed by atoms with E-state index in [1.54, 1.807) is 24.3 Å². The van der Waals surface area contributed by atoms with Crippen LogP contribution < -0.4 is 15.6 Å². The number of carbonyl (C=O) groups excluding carboxylic acids is 2. The van der Waals surface area contributed by atoms with Crippen LogP contribution in [0.25, 0.3) is 10.9 Å². The van der Waals surface area contributed by atoms with Gasteiger partial charge in [0.25, 0.3) is 11.8 Å². The van der Waals surface area contributed by atoms with Crippen LogP contribution in [0.1, 0.15) is 20.8 Å². The van der Waals surface area contributed by atoms with Gasteiger partial charge in [0.15, 0.2) is 0 Å². The highest BCUT2D eigenvalue weighted by Gasteiger charge is 2.15. The van der Waals surface area contributed by atoms with Gasteiger partial charge in [-0.2, -0.15) is 0 Å². The molecule has 0 aliphatic rings. The van der Waals surface area contributed by atoms with E-state index in [1.807, 2.05) is 24.3 Å². The van der Waals surface area contributed by atoms with Crippen LogP contribution in [0.4, 0.5) is 0 Å². The van der Waals surface area contributed by atoms with Crippen molar-refractivity contribution in [2.24, 2.45) is 0 Å². The van der Waals surface area contributed by atoms with E-state index in [9.17, 15) is 9.59 Å². The fourth-order valence-electron chi connectivity index (χ4n) is 2.30. The zero-order chi connectivity index (χ0) is 17.8. The fourth-order valence-corrected chi connectivity index (χ4v) is 2.47. The summed E-state index contributed by atoms with van der Waals surface area (Å²) in [4.78, 5) is 28.7. The van der Waals surface area contributed by atoms with Crippen molar-refractivity contribution in [3.63, 3.8) is 0 Å². The quantitative estimate of drug-likeness (QED) is 0.708. The number of halogens is 1. The molecule has 3 aromatic rings. The molecule has 1 aromatic heterocycles. The van der Waals surface area contributed by atoms with Crippen molar-refractivity contribution in [1.29, 1.82) is 0 Å². The van der Waals surface area contributed by atoms with Crippen LogP contribution in [0, 0.1) is 0 Å². The van der Waals surface area contributed by atoms with Gasteiger partial charge in [0.2, 0.25) is 0 Å².